The first-order valence-electron chi connectivity index (χ1n) is 14.1. The summed E-state index contributed by atoms with van der Waals surface area (Å²) in [5.41, 5.74) is 3.42. The molecule has 9 heteroatoms. The van der Waals surface area contributed by atoms with E-state index in [2.05, 4.69) is 26.8 Å². The second-order valence-electron chi connectivity index (χ2n) is 10.9. The molecule has 2 aromatic rings. The highest BCUT2D eigenvalue weighted by Crippen LogP contribution is 2.28. The summed E-state index contributed by atoms with van der Waals surface area (Å²) in [4.78, 5) is 20.6. The number of hydrogen-bond donors (Lipinski definition) is 0. The van der Waals surface area contributed by atoms with Crippen LogP contribution in [0.5, 0.6) is 5.75 Å². The molecule has 39 heavy (non-hydrogen) atoms. The fourth-order valence-electron chi connectivity index (χ4n) is 5.65. The SMILES string of the molecule is COc1cc(C)c(S(=O)(=O)N(C)CCC(=O)Cc2ccc(N3CCN(CCN4CCCC4)CC3)cc2)c(C)c1. The Bertz CT molecular complexity index is 1200. The molecule has 0 spiro atoms. The molecule has 0 unspecified atom stereocenters. The van der Waals surface area contributed by atoms with Crippen LogP contribution in [-0.4, -0.2) is 101 Å². The molecule has 0 aromatic heterocycles. The number of ketones is 1. The maximum Gasteiger partial charge on any atom is 0.243 e. The van der Waals surface area contributed by atoms with E-state index in [1.54, 1.807) is 33.1 Å². The van der Waals surface area contributed by atoms with Crippen LogP contribution in [0.15, 0.2) is 41.3 Å². The second-order valence-corrected chi connectivity index (χ2v) is 12.9. The maximum atomic E-state index is 13.2. The molecule has 214 valence electrons. The molecule has 2 aliphatic heterocycles. The first-order chi connectivity index (χ1) is 18.7. The van der Waals surface area contributed by atoms with Gasteiger partial charge in [0.05, 0.1) is 12.0 Å². The molecule has 0 bridgehead atoms. The molecule has 8 nitrogen and oxygen atoms in total. The van der Waals surface area contributed by atoms with Gasteiger partial charge < -0.3 is 14.5 Å². The Morgan fingerprint density at radius 1 is 0.897 bits per heavy atom. The molecule has 0 amide bonds. The summed E-state index contributed by atoms with van der Waals surface area (Å²) >= 11 is 0. The summed E-state index contributed by atoms with van der Waals surface area (Å²) < 4.78 is 33.0. The van der Waals surface area contributed by atoms with E-state index in [4.69, 9.17) is 4.74 Å². The summed E-state index contributed by atoms with van der Waals surface area (Å²) in [6.45, 7) is 12.7. The van der Waals surface area contributed by atoms with Crippen LogP contribution in [-0.2, 0) is 21.2 Å². The lowest BCUT2D eigenvalue weighted by molar-refractivity contribution is -0.118. The van der Waals surface area contributed by atoms with Gasteiger partial charge in [0.1, 0.15) is 11.5 Å². The molecule has 2 heterocycles. The van der Waals surface area contributed by atoms with Gasteiger partial charge in [0, 0.05) is 71.4 Å². The van der Waals surface area contributed by atoms with Gasteiger partial charge in [0.2, 0.25) is 10.0 Å². The van der Waals surface area contributed by atoms with E-state index in [0.29, 0.717) is 23.3 Å². The lowest BCUT2D eigenvalue weighted by Crippen LogP contribution is -2.48. The number of nitrogens with zero attached hydrogens (tertiary/aromatic N) is 4. The van der Waals surface area contributed by atoms with E-state index < -0.39 is 10.0 Å². The van der Waals surface area contributed by atoms with Crippen LogP contribution in [0, 0.1) is 13.8 Å². The smallest absolute Gasteiger partial charge is 0.243 e. The minimum atomic E-state index is -3.71. The van der Waals surface area contributed by atoms with Crippen LogP contribution >= 0.6 is 0 Å². The van der Waals surface area contributed by atoms with Gasteiger partial charge in [-0.2, -0.15) is 0 Å². The van der Waals surface area contributed by atoms with E-state index >= 15 is 0 Å². The van der Waals surface area contributed by atoms with Crippen molar-refractivity contribution in [3.63, 3.8) is 0 Å². The fourth-order valence-corrected chi connectivity index (χ4v) is 7.23. The Morgan fingerprint density at radius 3 is 2.03 bits per heavy atom. The minimum Gasteiger partial charge on any atom is -0.497 e. The predicted octanol–water partition coefficient (Wildman–Crippen LogP) is 3.35. The number of benzene rings is 2. The normalized spacial score (nSPS) is 17.2. The monoisotopic (exact) mass is 556 g/mol. The van der Waals surface area contributed by atoms with Gasteiger partial charge in [-0.1, -0.05) is 12.1 Å². The van der Waals surface area contributed by atoms with Gasteiger partial charge in [0.25, 0.3) is 0 Å². The fraction of sp³-hybridized carbons (Fsp3) is 0.567. The van der Waals surface area contributed by atoms with Crippen LogP contribution in [0.25, 0.3) is 0 Å². The highest BCUT2D eigenvalue weighted by Gasteiger charge is 2.26. The number of aryl methyl sites for hydroxylation is 2. The van der Waals surface area contributed by atoms with E-state index in [1.807, 2.05) is 12.1 Å². The number of anilines is 1. The zero-order valence-electron chi connectivity index (χ0n) is 24.0. The van der Waals surface area contributed by atoms with Gasteiger partial charge in [-0.25, -0.2) is 12.7 Å². The molecule has 0 atom stereocenters. The highest BCUT2D eigenvalue weighted by atomic mass is 32.2. The molecule has 2 fully saturated rings. The summed E-state index contributed by atoms with van der Waals surface area (Å²) in [5.74, 6) is 0.655. The van der Waals surface area contributed by atoms with Crippen molar-refractivity contribution in [2.75, 3.05) is 78.0 Å². The molecular weight excluding hydrogens is 512 g/mol. The molecule has 2 aromatic carbocycles. The number of rotatable bonds is 12. The molecule has 0 aliphatic carbocycles. The average Bonchev–Trinajstić information content (AvgIpc) is 3.44. The zero-order valence-corrected chi connectivity index (χ0v) is 24.8. The first kappa shape index (κ1) is 29.5. The van der Waals surface area contributed by atoms with Gasteiger partial charge in [-0.15, -0.1) is 0 Å². The largest absolute Gasteiger partial charge is 0.497 e. The Labute approximate surface area is 234 Å². The third kappa shape index (κ3) is 7.60. The van der Waals surface area contributed by atoms with Gasteiger partial charge in [-0.05, 0) is 80.7 Å². The number of likely N-dealkylation sites (tertiary alicyclic amines) is 1. The van der Waals surface area contributed by atoms with Crippen molar-refractivity contribution in [2.45, 2.75) is 44.4 Å². The van der Waals surface area contributed by atoms with Gasteiger partial charge in [0.15, 0.2) is 0 Å². The predicted molar refractivity (Wildman–Crippen MR) is 156 cm³/mol. The number of Topliss-reactive ketones (excluding diaryl/α,β-unsaturated/α-hetero) is 1. The summed E-state index contributed by atoms with van der Waals surface area (Å²) in [5, 5.41) is 0. The highest BCUT2D eigenvalue weighted by molar-refractivity contribution is 7.89. The Hall–Kier alpha value is -2.46. The average molecular weight is 557 g/mol. The van der Waals surface area contributed by atoms with Crippen LogP contribution in [0.1, 0.15) is 36.0 Å². The van der Waals surface area contributed by atoms with Crippen LogP contribution in [0.2, 0.25) is 0 Å². The van der Waals surface area contributed by atoms with Crippen molar-refractivity contribution in [3.8, 4) is 5.75 Å². The van der Waals surface area contributed by atoms with Crippen molar-refractivity contribution in [1.82, 2.24) is 14.1 Å². The topological polar surface area (TPSA) is 73.4 Å². The molecule has 0 N–H and O–H groups in total. The second kappa shape index (κ2) is 13.3. The Balaban J connectivity index is 1.23. The Morgan fingerprint density at radius 2 is 1.46 bits per heavy atom. The number of carbonyl (C=O) groups is 1. The van der Waals surface area contributed by atoms with Crippen molar-refractivity contribution >= 4 is 21.5 Å². The van der Waals surface area contributed by atoms with E-state index in [1.165, 1.54) is 49.5 Å². The number of ether oxygens (including phenoxy) is 1. The third-order valence-electron chi connectivity index (χ3n) is 8.05. The van der Waals surface area contributed by atoms with Gasteiger partial charge in [-0.3, -0.25) is 9.69 Å². The van der Waals surface area contributed by atoms with Crippen molar-refractivity contribution in [1.29, 1.82) is 0 Å². The van der Waals surface area contributed by atoms with E-state index in [-0.39, 0.29) is 23.6 Å². The van der Waals surface area contributed by atoms with Crippen molar-refractivity contribution in [2.24, 2.45) is 0 Å². The maximum absolute atomic E-state index is 13.2. The number of carbonyl (C=O) groups excluding carboxylic acids is 1. The van der Waals surface area contributed by atoms with Gasteiger partial charge >= 0.3 is 0 Å². The van der Waals surface area contributed by atoms with E-state index in [9.17, 15) is 13.2 Å². The van der Waals surface area contributed by atoms with Crippen LogP contribution in [0.3, 0.4) is 0 Å². The minimum absolute atomic E-state index is 0.0274. The van der Waals surface area contributed by atoms with Crippen molar-refractivity contribution < 1.29 is 17.9 Å². The number of hydrogen-bond acceptors (Lipinski definition) is 7. The molecular formula is C30H44N4O4S. The number of piperazine rings is 1. The van der Waals surface area contributed by atoms with Crippen LogP contribution < -0.4 is 9.64 Å². The molecule has 4 rings (SSSR count). The lowest BCUT2D eigenvalue weighted by atomic mass is 10.1. The molecule has 0 radical (unpaired) electrons. The van der Waals surface area contributed by atoms with Crippen molar-refractivity contribution in [3.05, 3.63) is 53.1 Å². The zero-order chi connectivity index (χ0) is 28.0. The summed E-state index contributed by atoms with van der Waals surface area (Å²) in [7, 11) is -0.614. The molecule has 2 saturated heterocycles. The summed E-state index contributed by atoms with van der Waals surface area (Å²) in [6.07, 6.45) is 3.17. The standard InChI is InChI=1S/C30H44N4O4S/c1-24-21-29(38-4)22-25(2)30(24)39(36,37)31(3)14-11-28(35)23-26-7-9-27(10-8-26)34-19-17-33(18-20-34)16-15-32-12-5-6-13-32/h7-10,21-22H,5-6,11-20,23H2,1-4H3. The third-order valence-corrected chi connectivity index (χ3v) is 10.2. The number of methoxy groups -OCH3 is 1. The quantitative estimate of drug-likeness (QED) is 0.397. The lowest BCUT2D eigenvalue weighted by Gasteiger charge is -2.36. The summed E-state index contributed by atoms with van der Waals surface area (Å²) in [6, 6.07) is 11.7. The number of sulfonamides is 1. The molecule has 2 aliphatic rings. The Kier molecular flexibility index (Phi) is 10.0. The molecule has 0 saturated carbocycles. The first-order valence-corrected chi connectivity index (χ1v) is 15.5. The van der Waals surface area contributed by atoms with E-state index in [0.717, 1.165) is 38.3 Å². The van der Waals surface area contributed by atoms with Crippen LogP contribution in [0.4, 0.5) is 5.69 Å².